The summed E-state index contributed by atoms with van der Waals surface area (Å²) >= 11 is 0.882. The minimum atomic E-state index is -1.18. The van der Waals surface area contributed by atoms with Gasteiger partial charge in [-0.1, -0.05) is 0 Å². The lowest BCUT2D eigenvalue weighted by atomic mass is 10.1. The largest absolute Gasteiger partial charge is 0.478 e. The summed E-state index contributed by atoms with van der Waals surface area (Å²) in [5, 5.41) is 9.95. The van der Waals surface area contributed by atoms with Gasteiger partial charge in [0.05, 0.1) is 11.1 Å². The molecule has 1 heterocycles. The Morgan fingerprint density at radius 2 is 1.71 bits per heavy atom. The molecule has 0 amide bonds. The molecule has 0 unspecified atom stereocenters. The lowest BCUT2D eigenvalue weighted by Gasteiger charge is -2.02. The predicted molar refractivity (Wildman–Crippen MR) is 56.6 cm³/mol. The highest BCUT2D eigenvalue weighted by Gasteiger charge is 2.16. The number of thiophene rings is 1. The van der Waals surface area contributed by atoms with E-state index in [-0.39, 0.29) is 10.4 Å². The Morgan fingerprint density at radius 1 is 1.12 bits per heavy atom. The molecule has 2 rings (SSSR count). The number of aromatic carboxylic acids is 1. The van der Waals surface area contributed by atoms with E-state index in [1.807, 2.05) is 0 Å². The summed E-state index contributed by atoms with van der Waals surface area (Å²) in [7, 11) is 0. The van der Waals surface area contributed by atoms with Crippen molar-refractivity contribution in [2.75, 3.05) is 0 Å². The molecule has 1 aromatic carbocycles. The number of carboxylic acid groups (broad SMARTS) is 1. The van der Waals surface area contributed by atoms with E-state index in [1.54, 1.807) is 0 Å². The second-order valence-electron chi connectivity index (χ2n) is 3.25. The Hall–Kier alpha value is -1.82. The van der Waals surface area contributed by atoms with Crippen molar-refractivity contribution in [2.45, 2.75) is 0 Å². The molecule has 0 bridgehead atoms. The van der Waals surface area contributed by atoms with E-state index in [4.69, 9.17) is 5.11 Å². The van der Waals surface area contributed by atoms with Gasteiger partial charge >= 0.3 is 5.97 Å². The Balaban J connectivity index is 2.56. The highest BCUT2D eigenvalue weighted by molar-refractivity contribution is 7.13. The Bertz CT molecular complexity index is 569. The summed E-state index contributed by atoms with van der Waals surface area (Å²) in [6, 6.07) is 2.25. The van der Waals surface area contributed by atoms with Gasteiger partial charge in [0.25, 0.3) is 0 Å². The first-order chi connectivity index (χ1) is 7.99. The van der Waals surface area contributed by atoms with Gasteiger partial charge in [-0.15, -0.1) is 11.3 Å². The zero-order valence-corrected chi connectivity index (χ0v) is 9.02. The highest BCUT2D eigenvalue weighted by atomic mass is 32.1. The lowest BCUT2D eigenvalue weighted by Crippen LogP contribution is -1.93. The van der Waals surface area contributed by atoms with E-state index in [1.165, 1.54) is 5.38 Å². The fourth-order valence-corrected chi connectivity index (χ4v) is 2.29. The van der Waals surface area contributed by atoms with Crippen LogP contribution in [0.5, 0.6) is 0 Å². The van der Waals surface area contributed by atoms with Crippen LogP contribution in [0.4, 0.5) is 13.2 Å². The van der Waals surface area contributed by atoms with Gasteiger partial charge in [0.2, 0.25) is 0 Å². The second kappa shape index (κ2) is 4.21. The van der Waals surface area contributed by atoms with Gasteiger partial charge in [-0.05, 0) is 6.07 Å². The minimum absolute atomic E-state index is 0.0619. The lowest BCUT2D eigenvalue weighted by molar-refractivity contribution is 0.0697. The van der Waals surface area contributed by atoms with Crippen molar-refractivity contribution >= 4 is 17.3 Å². The number of halogens is 3. The third kappa shape index (κ3) is 2.16. The first-order valence-electron chi connectivity index (χ1n) is 4.46. The van der Waals surface area contributed by atoms with Crippen LogP contribution in [0.2, 0.25) is 0 Å². The maximum atomic E-state index is 13.4. The molecule has 0 aliphatic carbocycles. The van der Waals surface area contributed by atoms with Gasteiger partial charge in [0, 0.05) is 22.4 Å². The average Bonchev–Trinajstić information content (AvgIpc) is 2.65. The molecular weight excluding hydrogens is 253 g/mol. The predicted octanol–water partition coefficient (Wildman–Crippen LogP) is 3.53. The van der Waals surface area contributed by atoms with E-state index >= 15 is 0 Å². The summed E-state index contributed by atoms with van der Waals surface area (Å²) in [5.74, 6) is -4.31. The summed E-state index contributed by atoms with van der Waals surface area (Å²) in [4.78, 5) is 10.7. The van der Waals surface area contributed by atoms with Gasteiger partial charge in [-0.25, -0.2) is 18.0 Å². The first kappa shape index (κ1) is 11.7. The molecule has 2 aromatic rings. The van der Waals surface area contributed by atoms with E-state index in [2.05, 4.69) is 0 Å². The van der Waals surface area contributed by atoms with Gasteiger partial charge in [0.15, 0.2) is 0 Å². The fraction of sp³-hybridized carbons (Fsp3) is 0. The number of carboxylic acids is 1. The van der Waals surface area contributed by atoms with E-state index in [9.17, 15) is 18.0 Å². The molecule has 0 saturated heterocycles. The average molecular weight is 258 g/mol. The van der Waals surface area contributed by atoms with Crippen molar-refractivity contribution in [2.24, 2.45) is 0 Å². The van der Waals surface area contributed by atoms with Gasteiger partial charge in [-0.3, -0.25) is 0 Å². The number of rotatable bonds is 2. The smallest absolute Gasteiger partial charge is 0.336 e. The molecule has 0 aliphatic heterocycles. The topological polar surface area (TPSA) is 37.3 Å². The van der Waals surface area contributed by atoms with E-state index < -0.39 is 29.0 Å². The molecule has 1 N–H and O–H groups in total. The molecule has 0 fully saturated rings. The van der Waals surface area contributed by atoms with E-state index in [0.29, 0.717) is 12.1 Å². The number of hydrogen-bond donors (Lipinski definition) is 1. The Morgan fingerprint density at radius 3 is 2.18 bits per heavy atom. The Kier molecular flexibility index (Phi) is 2.89. The second-order valence-corrected chi connectivity index (χ2v) is 4.16. The summed E-state index contributed by atoms with van der Waals surface area (Å²) in [6.07, 6.45) is 0. The van der Waals surface area contributed by atoms with Crippen LogP contribution in [-0.4, -0.2) is 11.1 Å². The summed E-state index contributed by atoms with van der Waals surface area (Å²) in [5.41, 5.74) is -0.475. The van der Waals surface area contributed by atoms with Crippen molar-refractivity contribution in [3.8, 4) is 10.4 Å². The maximum Gasteiger partial charge on any atom is 0.336 e. The third-order valence-electron chi connectivity index (χ3n) is 2.10. The zero-order valence-electron chi connectivity index (χ0n) is 8.21. The van der Waals surface area contributed by atoms with Gasteiger partial charge in [-0.2, -0.15) is 0 Å². The molecule has 0 spiro atoms. The molecule has 1 aromatic heterocycles. The fourth-order valence-electron chi connectivity index (χ4n) is 1.36. The molecule has 17 heavy (non-hydrogen) atoms. The van der Waals surface area contributed by atoms with Crippen molar-refractivity contribution in [3.05, 3.63) is 46.6 Å². The van der Waals surface area contributed by atoms with E-state index in [0.717, 1.165) is 17.4 Å². The monoisotopic (exact) mass is 258 g/mol. The zero-order chi connectivity index (χ0) is 12.6. The van der Waals surface area contributed by atoms with Gasteiger partial charge in [0.1, 0.15) is 17.5 Å². The van der Waals surface area contributed by atoms with Crippen LogP contribution in [0.25, 0.3) is 10.4 Å². The van der Waals surface area contributed by atoms with Crippen LogP contribution in [0.3, 0.4) is 0 Å². The Labute approximate surface area is 97.9 Å². The van der Waals surface area contributed by atoms with Crippen LogP contribution in [0.15, 0.2) is 23.6 Å². The van der Waals surface area contributed by atoms with Crippen molar-refractivity contribution in [3.63, 3.8) is 0 Å². The SMILES string of the molecule is O=C(O)c1csc(-c2c(F)cc(F)cc2F)c1. The van der Waals surface area contributed by atoms with Crippen LogP contribution in [-0.2, 0) is 0 Å². The van der Waals surface area contributed by atoms with Crippen LogP contribution < -0.4 is 0 Å². The molecule has 6 heteroatoms. The van der Waals surface area contributed by atoms with Crippen molar-refractivity contribution in [1.29, 1.82) is 0 Å². The quantitative estimate of drug-likeness (QED) is 0.894. The molecule has 0 saturated carbocycles. The summed E-state index contributed by atoms with van der Waals surface area (Å²) in [6.45, 7) is 0. The molecular formula is C11H5F3O2S. The molecule has 88 valence electrons. The molecule has 0 radical (unpaired) electrons. The minimum Gasteiger partial charge on any atom is -0.478 e. The van der Waals surface area contributed by atoms with Crippen molar-refractivity contribution in [1.82, 2.24) is 0 Å². The van der Waals surface area contributed by atoms with Crippen molar-refractivity contribution < 1.29 is 23.1 Å². The number of benzene rings is 1. The summed E-state index contributed by atoms with van der Waals surface area (Å²) < 4.78 is 39.5. The first-order valence-corrected chi connectivity index (χ1v) is 5.33. The van der Waals surface area contributed by atoms with Gasteiger partial charge < -0.3 is 5.11 Å². The third-order valence-corrected chi connectivity index (χ3v) is 3.05. The molecule has 0 aliphatic rings. The maximum absolute atomic E-state index is 13.4. The standard InChI is InChI=1S/C11H5F3O2S/c12-6-2-7(13)10(8(14)3-6)9-1-5(4-17-9)11(15)16/h1-4H,(H,15,16). The highest BCUT2D eigenvalue weighted by Crippen LogP contribution is 2.32. The molecule has 0 atom stereocenters. The molecule has 2 nitrogen and oxygen atoms in total. The van der Waals surface area contributed by atoms with Crippen LogP contribution in [0, 0.1) is 17.5 Å². The number of hydrogen-bond acceptors (Lipinski definition) is 2. The number of carbonyl (C=O) groups is 1. The van der Waals surface area contributed by atoms with Crippen LogP contribution >= 0.6 is 11.3 Å². The van der Waals surface area contributed by atoms with Crippen LogP contribution in [0.1, 0.15) is 10.4 Å². The normalized spacial score (nSPS) is 10.5.